The van der Waals surface area contributed by atoms with Crippen LogP contribution in [0.1, 0.15) is 5.82 Å². The van der Waals surface area contributed by atoms with Gasteiger partial charge in [-0.1, -0.05) is 4.98 Å². The van der Waals surface area contributed by atoms with Crippen molar-refractivity contribution in [1.82, 2.24) is 10.1 Å². The summed E-state index contributed by atoms with van der Waals surface area (Å²) in [6.07, 6.45) is -1.52. The molecule has 0 amide bonds. The van der Waals surface area contributed by atoms with Gasteiger partial charge in [0, 0.05) is 9.85 Å². The van der Waals surface area contributed by atoms with E-state index >= 15 is 0 Å². The average Bonchev–Trinajstić information content (AvgIpc) is 2.47. The lowest BCUT2D eigenvalue weighted by atomic mass is 10.7. The molecule has 0 saturated carbocycles. The molecule has 1 rings (SSSR count). The molecule has 0 aliphatic rings. The van der Waals surface area contributed by atoms with E-state index in [0.717, 1.165) is 6.92 Å². The van der Waals surface area contributed by atoms with Crippen molar-refractivity contribution >= 4 is 5.95 Å². The fourth-order valence-electron chi connectivity index (χ4n) is 0.864. The van der Waals surface area contributed by atoms with Gasteiger partial charge in [0.15, 0.2) is 0 Å². The summed E-state index contributed by atoms with van der Waals surface area (Å²) in [6.45, 7) is 1.12. The summed E-state index contributed by atoms with van der Waals surface area (Å²) in [6, 6.07) is 0. The summed E-state index contributed by atoms with van der Waals surface area (Å²) >= 11 is 0. The first kappa shape index (κ1) is 11.3. The van der Waals surface area contributed by atoms with Gasteiger partial charge in [-0.15, -0.1) is 4.92 Å². The van der Waals surface area contributed by atoms with Crippen molar-refractivity contribution < 1.29 is 19.5 Å². The van der Waals surface area contributed by atoms with Crippen LogP contribution < -0.4 is 4.68 Å². The number of nitrogens with zero attached hydrogens (tertiary/aromatic N) is 6. The lowest BCUT2D eigenvalue weighted by Gasteiger charge is -2.01. The molecule has 0 saturated heterocycles. The van der Waals surface area contributed by atoms with Crippen LogP contribution in [0.2, 0.25) is 0 Å². The van der Waals surface area contributed by atoms with Gasteiger partial charge in [-0.3, -0.25) is 0 Å². The van der Waals surface area contributed by atoms with Crippen molar-refractivity contribution in [2.24, 2.45) is 0 Å². The van der Waals surface area contributed by atoms with Crippen LogP contribution in [0.4, 0.5) is 5.95 Å². The summed E-state index contributed by atoms with van der Waals surface area (Å²) < 4.78 is 0.193. The zero-order valence-electron chi connectivity index (χ0n) is 7.63. The zero-order chi connectivity index (χ0) is 12.5. The average molecular weight is 231 g/mol. The summed E-state index contributed by atoms with van der Waals surface area (Å²) in [4.78, 5) is 30.5. The monoisotopic (exact) mass is 231 g/mol. The molecule has 0 fully saturated rings. The summed E-state index contributed by atoms with van der Waals surface area (Å²) in [5.74, 6) is -1.27. The second kappa shape index (κ2) is 3.76. The number of rotatable bonds is 4. The molecule has 1 aromatic heterocycles. The third kappa shape index (κ3) is 1.84. The highest BCUT2D eigenvalue weighted by Gasteiger charge is 2.39. The van der Waals surface area contributed by atoms with Crippen LogP contribution >= 0.6 is 0 Å². The molecule has 0 spiro atoms. The summed E-state index contributed by atoms with van der Waals surface area (Å²) in [7, 11) is 0. The quantitative estimate of drug-likeness (QED) is 0.263. The number of hydrogen-bond donors (Lipinski definition) is 0. The van der Waals surface area contributed by atoms with Crippen molar-refractivity contribution in [3.05, 3.63) is 42.5 Å². The van der Waals surface area contributed by atoms with E-state index in [4.69, 9.17) is 0 Å². The fourth-order valence-corrected chi connectivity index (χ4v) is 0.864. The molecule has 12 heteroatoms. The number of hydrogen-bond acceptors (Lipinski definition) is 8. The Morgan fingerprint density at radius 2 is 1.75 bits per heavy atom. The number of aryl methyl sites for hydroxylation is 1. The van der Waals surface area contributed by atoms with Crippen LogP contribution in [0.25, 0.3) is 0 Å². The molecular formula is C4H3N6O6-. The molecule has 0 N–H and O–H groups in total. The van der Waals surface area contributed by atoms with Crippen LogP contribution in [0.5, 0.6) is 0 Å². The maximum atomic E-state index is 10.3. The van der Waals surface area contributed by atoms with E-state index in [0.29, 0.717) is 0 Å². The van der Waals surface area contributed by atoms with Crippen LogP contribution in [-0.4, -0.2) is 24.9 Å². The Bertz CT molecular complexity index is 452. The molecule has 0 atom stereocenters. The van der Waals surface area contributed by atoms with Crippen molar-refractivity contribution in [2.75, 3.05) is 0 Å². The highest BCUT2D eigenvalue weighted by Crippen LogP contribution is 2.03. The topological polar surface area (TPSA) is 159 Å². The predicted octanol–water partition coefficient (Wildman–Crippen LogP) is -1.45. The van der Waals surface area contributed by atoms with E-state index in [9.17, 15) is 30.3 Å². The predicted molar refractivity (Wildman–Crippen MR) is 41.8 cm³/mol. The lowest BCUT2D eigenvalue weighted by Crippen LogP contribution is -2.52. The Kier molecular flexibility index (Phi) is 2.65. The van der Waals surface area contributed by atoms with Crippen molar-refractivity contribution in [3.63, 3.8) is 0 Å². The summed E-state index contributed by atoms with van der Waals surface area (Å²) in [5.41, 5.74) is 0. The van der Waals surface area contributed by atoms with Crippen molar-refractivity contribution in [1.29, 1.82) is 0 Å². The lowest BCUT2D eigenvalue weighted by molar-refractivity contribution is -0.936. The number of aromatic nitrogens is 3. The van der Waals surface area contributed by atoms with E-state index in [-0.39, 0.29) is 10.5 Å². The molecule has 0 aliphatic carbocycles. The maximum Gasteiger partial charge on any atom is 0.570 e. The molecule has 0 aromatic carbocycles. The minimum atomic E-state index is -1.52. The first-order valence-corrected chi connectivity index (χ1v) is 3.58. The minimum absolute atomic E-state index is 0.193. The van der Waals surface area contributed by atoms with Crippen LogP contribution in [0.3, 0.4) is 0 Å². The highest BCUT2D eigenvalue weighted by atomic mass is 16.7. The molecule has 1 aromatic rings. The molecule has 0 aliphatic heterocycles. The Balaban J connectivity index is 3.25. The van der Waals surface area contributed by atoms with Gasteiger partial charge >= 0.3 is 12.2 Å². The molecular weight excluding hydrogens is 228 g/mol. The fraction of sp³-hybridized carbons (Fsp3) is 0.250. The largest absolute Gasteiger partial charge is 0.570 e. The second-order valence-corrected chi connectivity index (χ2v) is 2.44. The van der Waals surface area contributed by atoms with E-state index in [1.807, 2.05) is 0 Å². The molecule has 16 heavy (non-hydrogen) atoms. The van der Waals surface area contributed by atoms with Gasteiger partial charge in [0.25, 0.3) is 5.82 Å². The van der Waals surface area contributed by atoms with E-state index in [1.54, 1.807) is 0 Å². The van der Waals surface area contributed by atoms with E-state index in [1.165, 1.54) is 0 Å². The first-order valence-electron chi connectivity index (χ1n) is 3.58. The Hall–Kier alpha value is -2.79. The highest BCUT2D eigenvalue weighted by molar-refractivity contribution is 4.97. The molecule has 86 valence electrons. The number of nitro groups is 3. The van der Waals surface area contributed by atoms with Crippen LogP contribution in [0.15, 0.2) is 0 Å². The Morgan fingerprint density at radius 1 is 1.25 bits per heavy atom. The van der Waals surface area contributed by atoms with Gasteiger partial charge in [0.05, 0.1) is 5.10 Å². The molecule has 0 bridgehead atoms. The molecule has 0 unspecified atom stereocenters. The molecule has 1 heterocycles. The van der Waals surface area contributed by atoms with Gasteiger partial charge in [-0.2, -0.15) is 0 Å². The van der Waals surface area contributed by atoms with Crippen molar-refractivity contribution in [3.8, 4) is 0 Å². The standard InChI is InChI=1S/C4H3N6O6/c1-2-5-3(8(11)12)6-7(2)4(9(13)14)10(15)16/h1H3/q-1. The minimum Gasteiger partial charge on any atom is -0.406 e. The van der Waals surface area contributed by atoms with Crippen LogP contribution in [-0.2, 0) is 0 Å². The molecule has 0 radical (unpaired) electrons. The first-order chi connectivity index (χ1) is 7.34. The van der Waals surface area contributed by atoms with E-state index < -0.39 is 27.0 Å². The van der Waals surface area contributed by atoms with Gasteiger partial charge in [-0.05, 0) is 11.6 Å². The summed E-state index contributed by atoms with van der Waals surface area (Å²) in [5, 5.41) is 34.0. The van der Waals surface area contributed by atoms with Crippen molar-refractivity contribution in [2.45, 2.75) is 6.92 Å². The van der Waals surface area contributed by atoms with Crippen LogP contribution in [0, 0.1) is 43.6 Å². The molecule has 12 nitrogen and oxygen atoms in total. The van der Waals surface area contributed by atoms with Gasteiger partial charge < -0.3 is 30.3 Å². The maximum absolute atomic E-state index is 10.3. The Morgan fingerprint density at radius 3 is 2.06 bits per heavy atom. The van der Waals surface area contributed by atoms with Gasteiger partial charge in [0.1, 0.15) is 0 Å². The SMILES string of the molecule is Cc1n[c-]([N+](=O)[O-])n[n+]1[C-]([N+](=O)[O-])[N+](=O)[O-]. The zero-order valence-corrected chi connectivity index (χ0v) is 7.63. The smallest absolute Gasteiger partial charge is 0.406 e. The Labute approximate surface area is 85.9 Å². The van der Waals surface area contributed by atoms with Gasteiger partial charge in [-0.25, -0.2) is 0 Å². The van der Waals surface area contributed by atoms with Gasteiger partial charge in [0.2, 0.25) is 0 Å². The third-order valence-electron chi connectivity index (χ3n) is 1.44. The third-order valence-corrected chi connectivity index (χ3v) is 1.44. The van der Waals surface area contributed by atoms with E-state index in [2.05, 4.69) is 10.1 Å². The second-order valence-electron chi connectivity index (χ2n) is 2.44. The normalized spacial score (nSPS) is 9.81.